The molecule has 1 amide bonds. The summed E-state index contributed by atoms with van der Waals surface area (Å²) in [6, 6.07) is 20.3. The van der Waals surface area contributed by atoms with Gasteiger partial charge < -0.3 is 19.5 Å². The maximum Gasteiger partial charge on any atom is 0.262 e. The average Bonchev–Trinajstić information content (AvgIpc) is 2.91. The number of methoxy groups -OCH3 is 1. The molecule has 5 rings (SSSR count). The number of anilines is 1. The van der Waals surface area contributed by atoms with Crippen LogP contribution in [0.2, 0.25) is 5.02 Å². The van der Waals surface area contributed by atoms with Gasteiger partial charge in [0.15, 0.2) is 4.77 Å². The first-order valence-electron chi connectivity index (χ1n) is 11.6. The number of fused-ring (bicyclic) bond motifs is 1. The predicted molar refractivity (Wildman–Crippen MR) is 145 cm³/mol. The van der Waals surface area contributed by atoms with Crippen LogP contribution in [0.15, 0.2) is 71.5 Å². The second kappa shape index (κ2) is 10.2. The fourth-order valence-corrected chi connectivity index (χ4v) is 4.91. The van der Waals surface area contributed by atoms with E-state index in [2.05, 4.69) is 9.88 Å². The minimum atomic E-state index is -0.201. The van der Waals surface area contributed by atoms with E-state index < -0.39 is 0 Å². The van der Waals surface area contributed by atoms with Crippen molar-refractivity contribution in [1.29, 1.82) is 0 Å². The summed E-state index contributed by atoms with van der Waals surface area (Å²) in [4.78, 5) is 33.6. The lowest BCUT2D eigenvalue weighted by Crippen LogP contribution is -2.48. The highest BCUT2D eigenvalue weighted by Gasteiger charge is 2.24. The number of piperazine rings is 1. The molecule has 0 unspecified atom stereocenters. The van der Waals surface area contributed by atoms with Crippen LogP contribution in [0.5, 0.6) is 5.75 Å². The second-order valence-electron chi connectivity index (χ2n) is 8.66. The van der Waals surface area contributed by atoms with Crippen LogP contribution >= 0.6 is 23.8 Å². The molecule has 0 spiro atoms. The number of rotatable bonds is 5. The number of amides is 1. The van der Waals surface area contributed by atoms with Gasteiger partial charge in [-0.15, -0.1) is 0 Å². The summed E-state index contributed by atoms with van der Waals surface area (Å²) < 4.78 is 7.30. The van der Waals surface area contributed by atoms with Crippen molar-refractivity contribution in [3.8, 4) is 5.75 Å². The van der Waals surface area contributed by atoms with E-state index in [4.69, 9.17) is 28.6 Å². The molecule has 1 fully saturated rings. The summed E-state index contributed by atoms with van der Waals surface area (Å²) in [5, 5.41) is 1.11. The van der Waals surface area contributed by atoms with Gasteiger partial charge >= 0.3 is 0 Å². The quantitative estimate of drug-likeness (QED) is 0.385. The summed E-state index contributed by atoms with van der Waals surface area (Å²) in [6.07, 6.45) is 0. The summed E-state index contributed by atoms with van der Waals surface area (Å²) in [5.74, 6) is 0.755. The molecule has 3 aromatic carbocycles. The van der Waals surface area contributed by atoms with E-state index >= 15 is 0 Å². The monoisotopic (exact) mass is 520 g/mol. The molecule has 0 saturated carbocycles. The van der Waals surface area contributed by atoms with Crippen molar-refractivity contribution < 1.29 is 9.53 Å². The zero-order valence-electron chi connectivity index (χ0n) is 19.7. The Morgan fingerprint density at radius 1 is 1.03 bits per heavy atom. The Balaban J connectivity index is 1.34. The molecule has 7 nitrogen and oxygen atoms in total. The summed E-state index contributed by atoms with van der Waals surface area (Å²) in [6.45, 7) is 2.93. The molecule has 1 aliphatic rings. The van der Waals surface area contributed by atoms with E-state index in [-0.39, 0.29) is 11.5 Å². The Hall–Kier alpha value is -3.62. The number of aromatic amines is 1. The van der Waals surface area contributed by atoms with E-state index in [0.717, 1.165) is 17.0 Å². The zero-order chi connectivity index (χ0) is 25.2. The highest BCUT2D eigenvalue weighted by atomic mass is 35.5. The Kier molecular flexibility index (Phi) is 6.80. The van der Waals surface area contributed by atoms with E-state index in [0.29, 0.717) is 59.0 Å². The van der Waals surface area contributed by atoms with Gasteiger partial charge in [-0.2, -0.15) is 0 Å². The first-order valence-corrected chi connectivity index (χ1v) is 12.4. The Morgan fingerprint density at radius 2 is 1.75 bits per heavy atom. The second-order valence-corrected chi connectivity index (χ2v) is 9.48. The van der Waals surface area contributed by atoms with Crippen LogP contribution in [0, 0.1) is 4.77 Å². The Labute approximate surface area is 218 Å². The van der Waals surface area contributed by atoms with Gasteiger partial charge in [0.1, 0.15) is 5.75 Å². The molecule has 0 radical (unpaired) electrons. The standard InChI is InChI=1S/C27H25ClN4O3S/c1-35-24-5-3-2-4-23(24)30-12-14-31(15-13-30)25(33)19-8-11-21-22(16-19)29-27(36)32(26(21)34)17-18-6-9-20(28)10-7-18/h2-11,16H,12-15,17H2,1H3,(H,29,36). The molecular formula is C27H25ClN4O3S. The molecular weight excluding hydrogens is 496 g/mol. The molecule has 9 heteroatoms. The molecule has 1 N–H and O–H groups in total. The lowest BCUT2D eigenvalue weighted by atomic mass is 10.1. The van der Waals surface area contributed by atoms with E-state index in [1.165, 1.54) is 4.57 Å². The average molecular weight is 521 g/mol. The first kappa shape index (κ1) is 24.1. The zero-order valence-corrected chi connectivity index (χ0v) is 21.3. The molecule has 4 aromatic rings. The maximum atomic E-state index is 13.3. The number of halogens is 1. The molecule has 1 aliphatic heterocycles. The summed E-state index contributed by atoms with van der Waals surface area (Å²) in [7, 11) is 1.66. The number of carbonyl (C=O) groups is 1. The molecule has 0 aliphatic carbocycles. The fourth-order valence-electron chi connectivity index (χ4n) is 4.53. The Bertz CT molecular complexity index is 1540. The number of para-hydroxylation sites is 2. The van der Waals surface area contributed by atoms with Crippen LogP contribution in [0.1, 0.15) is 15.9 Å². The minimum Gasteiger partial charge on any atom is -0.495 e. The van der Waals surface area contributed by atoms with Gasteiger partial charge in [0, 0.05) is 36.8 Å². The molecule has 2 heterocycles. The maximum absolute atomic E-state index is 13.3. The number of carbonyl (C=O) groups excluding carboxylic acids is 1. The van der Waals surface area contributed by atoms with Gasteiger partial charge in [0.05, 0.1) is 30.2 Å². The van der Waals surface area contributed by atoms with Gasteiger partial charge in [-0.25, -0.2) is 0 Å². The smallest absolute Gasteiger partial charge is 0.262 e. The number of H-pyrrole nitrogens is 1. The summed E-state index contributed by atoms with van der Waals surface area (Å²) in [5.41, 5.74) is 2.82. The lowest BCUT2D eigenvalue weighted by Gasteiger charge is -2.36. The third-order valence-electron chi connectivity index (χ3n) is 6.48. The highest BCUT2D eigenvalue weighted by molar-refractivity contribution is 7.71. The predicted octanol–water partition coefficient (Wildman–Crippen LogP) is 4.73. The molecule has 1 aromatic heterocycles. The SMILES string of the molecule is COc1ccccc1N1CCN(C(=O)c2ccc3c(=O)n(Cc4ccc(Cl)cc4)c(=S)[nH]c3c2)CC1. The molecule has 0 atom stereocenters. The number of benzene rings is 3. The lowest BCUT2D eigenvalue weighted by molar-refractivity contribution is 0.0747. The number of hydrogen-bond acceptors (Lipinski definition) is 5. The minimum absolute atomic E-state index is 0.0683. The van der Waals surface area contributed by atoms with Crippen LogP contribution in [0.3, 0.4) is 0 Å². The van der Waals surface area contributed by atoms with Crippen LogP contribution in [0.4, 0.5) is 5.69 Å². The topological polar surface area (TPSA) is 70.6 Å². The largest absolute Gasteiger partial charge is 0.495 e. The van der Waals surface area contributed by atoms with Crippen molar-refractivity contribution in [2.75, 3.05) is 38.2 Å². The van der Waals surface area contributed by atoms with Gasteiger partial charge in [0.25, 0.3) is 11.5 Å². The first-order chi connectivity index (χ1) is 17.4. The van der Waals surface area contributed by atoms with Crippen molar-refractivity contribution >= 4 is 46.3 Å². The van der Waals surface area contributed by atoms with Crippen LogP contribution in [-0.2, 0) is 6.54 Å². The number of nitrogens with one attached hydrogen (secondary N) is 1. The van der Waals surface area contributed by atoms with Gasteiger partial charge in [0.2, 0.25) is 0 Å². The number of aromatic nitrogens is 2. The molecule has 0 bridgehead atoms. The van der Waals surface area contributed by atoms with Crippen molar-refractivity contribution in [2.24, 2.45) is 0 Å². The Morgan fingerprint density at radius 3 is 2.47 bits per heavy atom. The number of nitrogens with zero attached hydrogens (tertiary/aromatic N) is 3. The molecule has 1 saturated heterocycles. The van der Waals surface area contributed by atoms with Crippen molar-refractivity contribution in [2.45, 2.75) is 6.54 Å². The van der Waals surface area contributed by atoms with Crippen molar-refractivity contribution in [1.82, 2.24) is 14.5 Å². The normalized spacial score (nSPS) is 13.7. The molecule has 184 valence electrons. The van der Waals surface area contributed by atoms with Crippen LogP contribution in [0.25, 0.3) is 10.9 Å². The van der Waals surface area contributed by atoms with Gasteiger partial charge in [-0.05, 0) is 60.2 Å². The third-order valence-corrected chi connectivity index (χ3v) is 7.05. The van der Waals surface area contributed by atoms with Crippen molar-refractivity contribution in [3.63, 3.8) is 0 Å². The van der Waals surface area contributed by atoms with E-state index in [1.54, 1.807) is 37.4 Å². The summed E-state index contributed by atoms with van der Waals surface area (Å²) >= 11 is 11.4. The highest BCUT2D eigenvalue weighted by Crippen LogP contribution is 2.28. The molecule has 36 heavy (non-hydrogen) atoms. The van der Waals surface area contributed by atoms with Gasteiger partial charge in [-0.3, -0.25) is 14.2 Å². The van der Waals surface area contributed by atoms with E-state index in [9.17, 15) is 9.59 Å². The van der Waals surface area contributed by atoms with Gasteiger partial charge in [-0.1, -0.05) is 35.9 Å². The van der Waals surface area contributed by atoms with Crippen LogP contribution in [-0.4, -0.2) is 53.6 Å². The fraction of sp³-hybridized carbons (Fsp3) is 0.222. The van der Waals surface area contributed by atoms with E-state index in [1.807, 2.05) is 41.3 Å². The van der Waals surface area contributed by atoms with Crippen LogP contribution < -0.4 is 15.2 Å². The third kappa shape index (κ3) is 4.74. The number of hydrogen-bond donors (Lipinski definition) is 1. The van der Waals surface area contributed by atoms with Crippen molar-refractivity contribution in [3.05, 3.63) is 98.0 Å². The number of ether oxygens (including phenoxy) is 1.